The molecular formula is C21H22ClNO3. The molecule has 4 nitrogen and oxygen atoms in total. The van der Waals surface area contributed by atoms with E-state index in [0.717, 1.165) is 11.1 Å². The summed E-state index contributed by atoms with van der Waals surface area (Å²) >= 11 is 5.87. The van der Waals surface area contributed by atoms with Crippen LogP contribution in [0.15, 0.2) is 60.7 Å². The predicted octanol–water partition coefficient (Wildman–Crippen LogP) is 4.34. The van der Waals surface area contributed by atoms with Gasteiger partial charge < -0.3 is 9.64 Å². The summed E-state index contributed by atoms with van der Waals surface area (Å²) in [5, 5.41) is 0.647. The van der Waals surface area contributed by atoms with Crippen molar-refractivity contribution in [1.29, 1.82) is 0 Å². The molecule has 0 bridgehead atoms. The molecule has 26 heavy (non-hydrogen) atoms. The smallest absolute Gasteiger partial charge is 0.307 e. The highest BCUT2D eigenvalue weighted by Gasteiger charge is 2.14. The van der Waals surface area contributed by atoms with Crippen molar-refractivity contribution in [3.63, 3.8) is 0 Å². The number of amides is 1. The topological polar surface area (TPSA) is 46.6 Å². The number of rotatable bonds is 8. The zero-order valence-corrected chi connectivity index (χ0v) is 15.5. The minimum Gasteiger partial charge on any atom is -0.466 e. The Hall–Kier alpha value is -2.59. The van der Waals surface area contributed by atoms with Crippen LogP contribution in [0.5, 0.6) is 0 Å². The lowest BCUT2D eigenvalue weighted by molar-refractivity contribution is -0.143. The normalized spacial score (nSPS) is 10.7. The van der Waals surface area contributed by atoms with Gasteiger partial charge in [-0.25, -0.2) is 0 Å². The Bertz CT molecular complexity index is 742. The highest BCUT2D eigenvalue weighted by Crippen LogP contribution is 2.12. The Balaban J connectivity index is 2.06. The van der Waals surface area contributed by atoms with E-state index in [1.165, 1.54) is 6.08 Å². The summed E-state index contributed by atoms with van der Waals surface area (Å²) in [5.41, 5.74) is 1.89. The van der Waals surface area contributed by atoms with Crippen LogP contribution >= 0.6 is 11.6 Å². The average Bonchev–Trinajstić information content (AvgIpc) is 2.65. The number of carbonyl (C=O) groups excluding carboxylic acids is 2. The molecule has 0 saturated heterocycles. The summed E-state index contributed by atoms with van der Waals surface area (Å²) in [6.07, 6.45) is 3.42. The summed E-state index contributed by atoms with van der Waals surface area (Å²) in [6.45, 7) is 2.84. The maximum absolute atomic E-state index is 12.6. The van der Waals surface area contributed by atoms with Gasteiger partial charge in [-0.05, 0) is 36.3 Å². The van der Waals surface area contributed by atoms with Crippen molar-refractivity contribution in [2.75, 3.05) is 13.2 Å². The molecule has 0 fully saturated rings. The quantitative estimate of drug-likeness (QED) is 0.512. The Morgan fingerprint density at radius 2 is 1.77 bits per heavy atom. The number of carbonyl (C=O) groups is 2. The van der Waals surface area contributed by atoms with Gasteiger partial charge in [0.1, 0.15) is 0 Å². The first-order chi connectivity index (χ1) is 12.6. The zero-order valence-electron chi connectivity index (χ0n) is 14.7. The fraction of sp³-hybridized carbons (Fsp3) is 0.238. The third-order valence-corrected chi connectivity index (χ3v) is 3.96. The molecule has 136 valence electrons. The molecule has 2 aromatic carbocycles. The third-order valence-electron chi connectivity index (χ3n) is 3.71. The monoisotopic (exact) mass is 371 g/mol. The molecule has 2 aromatic rings. The molecule has 0 atom stereocenters. The lowest BCUT2D eigenvalue weighted by Crippen LogP contribution is -2.31. The van der Waals surface area contributed by atoms with Crippen molar-refractivity contribution in [2.24, 2.45) is 0 Å². The highest BCUT2D eigenvalue weighted by atomic mass is 35.5. The van der Waals surface area contributed by atoms with Crippen LogP contribution < -0.4 is 0 Å². The van der Waals surface area contributed by atoms with Gasteiger partial charge in [0.15, 0.2) is 0 Å². The Labute approximate surface area is 159 Å². The molecule has 5 heteroatoms. The second-order valence-electron chi connectivity index (χ2n) is 5.69. The van der Waals surface area contributed by atoms with Crippen LogP contribution in [-0.2, 0) is 20.9 Å². The molecule has 0 aliphatic rings. The van der Waals surface area contributed by atoms with Crippen molar-refractivity contribution in [2.45, 2.75) is 19.9 Å². The SMILES string of the molecule is CCOC(=O)CCN(Cc1ccccc1)C(=O)/C=C/c1ccc(Cl)cc1. The first kappa shape index (κ1) is 19.7. The van der Waals surface area contributed by atoms with Crippen molar-refractivity contribution in [1.82, 2.24) is 4.90 Å². The number of esters is 1. The summed E-state index contributed by atoms with van der Waals surface area (Å²) in [4.78, 5) is 25.9. The summed E-state index contributed by atoms with van der Waals surface area (Å²) in [5.74, 6) is -0.465. The second-order valence-corrected chi connectivity index (χ2v) is 6.12. The molecular weight excluding hydrogens is 350 g/mol. The molecule has 1 amide bonds. The van der Waals surface area contributed by atoms with Crippen LogP contribution in [-0.4, -0.2) is 29.9 Å². The highest BCUT2D eigenvalue weighted by molar-refractivity contribution is 6.30. The van der Waals surface area contributed by atoms with E-state index in [2.05, 4.69) is 0 Å². The number of nitrogens with zero attached hydrogens (tertiary/aromatic N) is 1. The molecule has 0 heterocycles. The maximum atomic E-state index is 12.6. The number of hydrogen-bond acceptors (Lipinski definition) is 3. The zero-order chi connectivity index (χ0) is 18.8. The van der Waals surface area contributed by atoms with E-state index in [1.807, 2.05) is 42.5 Å². The maximum Gasteiger partial charge on any atom is 0.307 e. The van der Waals surface area contributed by atoms with Gasteiger partial charge in [0.05, 0.1) is 13.0 Å². The van der Waals surface area contributed by atoms with Gasteiger partial charge in [0.2, 0.25) is 5.91 Å². The number of halogens is 1. The second kappa shape index (κ2) is 10.4. The van der Waals surface area contributed by atoms with E-state index in [-0.39, 0.29) is 18.3 Å². The van der Waals surface area contributed by atoms with Crippen LogP contribution in [0.2, 0.25) is 5.02 Å². The fourth-order valence-corrected chi connectivity index (χ4v) is 2.50. The van der Waals surface area contributed by atoms with Crippen LogP contribution in [0.1, 0.15) is 24.5 Å². The molecule has 0 spiro atoms. The van der Waals surface area contributed by atoms with E-state index in [4.69, 9.17) is 16.3 Å². The van der Waals surface area contributed by atoms with Crippen LogP contribution in [0.4, 0.5) is 0 Å². The van der Waals surface area contributed by atoms with Crippen LogP contribution in [0.3, 0.4) is 0 Å². The van der Waals surface area contributed by atoms with Crippen LogP contribution in [0, 0.1) is 0 Å². The molecule has 0 unspecified atom stereocenters. The van der Waals surface area contributed by atoms with Gasteiger partial charge in [-0.3, -0.25) is 9.59 Å². The van der Waals surface area contributed by atoms with Crippen molar-refractivity contribution >= 4 is 29.6 Å². The van der Waals surface area contributed by atoms with Crippen molar-refractivity contribution in [3.05, 3.63) is 76.8 Å². The predicted molar refractivity (Wildman–Crippen MR) is 104 cm³/mol. The third kappa shape index (κ3) is 6.73. The van der Waals surface area contributed by atoms with E-state index in [9.17, 15) is 9.59 Å². The minimum atomic E-state index is -0.306. The summed E-state index contributed by atoms with van der Waals surface area (Å²) < 4.78 is 4.96. The molecule has 0 N–H and O–H groups in total. The molecule has 0 aromatic heterocycles. The Morgan fingerprint density at radius 1 is 1.08 bits per heavy atom. The van der Waals surface area contributed by atoms with E-state index >= 15 is 0 Å². The van der Waals surface area contributed by atoms with Gasteiger partial charge in [0.25, 0.3) is 0 Å². The van der Waals surface area contributed by atoms with Gasteiger partial charge in [-0.15, -0.1) is 0 Å². The van der Waals surface area contributed by atoms with Crippen LogP contribution in [0.25, 0.3) is 6.08 Å². The molecule has 0 saturated carbocycles. The number of hydrogen-bond donors (Lipinski definition) is 0. The Morgan fingerprint density at radius 3 is 2.42 bits per heavy atom. The molecule has 2 rings (SSSR count). The Kier molecular flexibility index (Phi) is 7.90. The number of benzene rings is 2. The summed E-state index contributed by atoms with van der Waals surface area (Å²) in [7, 11) is 0. The van der Waals surface area contributed by atoms with Gasteiger partial charge in [0, 0.05) is 24.2 Å². The molecule has 0 aliphatic carbocycles. The standard InChI is InChI=1S/C21H22ClNO3/c1-2-26-21(25)14-15-23(16-18-6-4-3-5-7-18)20(24)13-10-17-8-11-19(22)12-9-17/h3-13H,2,14-16H2,1H3/b13-10+. The molecule has 0 radical (unpaired) electrons. The van der Waals surface area contributed by atoms with Gasteiger partial charge >= 0.3 is 5.97 Å². The van der Waals surface area contributed by atoms with Gasteiger partial charge in [-0.1, -0.05) is 54.1 Å². The summed E-state index contributed by atoms with van der Waals surface area (Å²) in [6, 6.07) is 16.9. The van der Waals surface area contributed by atoms with E-state index in [0.29, 0.717) is 24.7 Å². The van der Waals surface area contributed by atoms with Gasteiger partial charge in [-0.2, -0.15) is 0 Å². The minimum absolute atomic E-state index is 0.159. The average molecular weight is 372 g/mol. The van der Waals surface area contributed by atoms with Crippen molar-refractivity contribution in [3.8, 4) is 0 Å². The van der Waals surface area contributed by atoms with E-state index < -0.39 is 0 Å². The molecule has 0 aliphatic heterocycles. The lowest BCUT2D eigenvalue weighted by Gasteiger charge is -2.21. The fourth-order valence-electron chi connectivity index (χ4n) is 2.38. The lowest BCUT2D eigenvalue weighted by atomic mass is 10.2. The van der Waals surface area contributed by atoms with Crippen molar-refractivity contribution < 1.29 is 14.3 Å². The first-order valence-corrected chi connectivity index (χ1v) is 8.88. The largest absolute Gasteiger partial charge is 0.466 e. The van der Waals surface area contributed by atoms with E-state index in [1.54, 1.807) is 30.0 Å². The first-order valence-electron chi connectivity index (χ1n) is 8.50. The number of ether oxygens (including phenoxy) is 1.